The molecule has 0 atom stereocenters. The third-order valence-corrected chi connectivity index (χ3v) is 3.72. The summed E-state index contributed by atoms with van der Waals surface area (Å²) in [5, 5.41) is 5.96. The summed E-state index contributed by atoms with van der Waals surface area (Å²) in [6.07, 6.45) is 3.27. The Bertz CT molecular complexity index is 810. The van der Waals surface area contributed by atoms with Crippen molar-refractivity contribution in [2.45, 2.75) is 13.5 Å². The molecule has 2 N–H and O–H groups in total. The van der Waals surface area contributed by atoms with Crippen molar-refractivity contribution in [2.24, 2.45) is 0 Å². The van der Waals surface area contributed by atoms with Gasteiger partial charge >= 0.3 is 0 Å². The molecule has 2 heterocycles. The minimum absolute atomic E-state index is 0.132. The molecule has 0 bridgehead atoms. The van der Waals surface area contributed by atoms with Gasteiger partial charge in [0.25, 0.3) is 5.91 Å². The fourth-order valence-corrected chi connectivity index (χ4v) is 2.56. The van der Waals surface area contributed by atoms with Gasteiger partial charge in [0.2, 0.25) is 5.91 Å². The van der Waals surface area contributed by atoms with Gasteiger partial charge in [-0.1, -0.05) is 12.1 Å². The lowest BCUT2D eigenvalue weighted by Gasteiger charge is -2.11. The number of amides is 2. The summed E-state index contributed by atoms with van der Waals surface area (Å²) in [6.45, 7) is 1.74. The van der Waals surface area contributed by atoms with E-state index in [4.69, 9.17) is 16.6 Å². The molecule has 3 rings (SSSR count). The van der Waals surface area contributed by atoms with Crippen LogP contribution in [0.3, 0.4) is 0 Å². The van der Waals surface area contributed by atoms with Gasteiger partial charge in [0.15, 0.2) is 5.11 Å². The molecule has 122 valence electrons. The number of hydrogen-bond acceptors (Lipinski definition) is 4. The highest BCUT2D eigenvalue weighted by atomic mass is 32.1. The minimum Gasteiger partial charge on any atom is -0.467 e. The molecule has 6 nitrogen and oxygen atoms in total. The Balaban J connectivity index is 1.74. The maximum Gasteiger partial charge on any atom is 0.276 e. The lowest BCUT2D eigenvalue weighted by Crippen LogP contribution is -2.29. The van der Waals surface area contributed by atoms with Gasteiger partial charge in [-0.2, -0.15) is 0 Å². The van der Waals surface area contributed by atoms with Crippen LogP contribution < -0.4 is 10.6 Å². The van der Waals surface area contributed by atoms with Crippen molar-refractivity contribution in [3.05, 3.63) is 59.7 Å². The van der Waals surface area contributed by atoms with Crippen LogP contribution in [0.25, 0.3) is 6.08 Å². The second-order valence-electron chi connectivity index (χ2n) is 5.26. The average Bonchev–Trinajstić information content (AvgIpc) is 3.13. The molecule has 0 radical (unpaired) electrons. The quantitative estimate of drug-likeness (QED) is 0.660. The number of anilines is 1. The van der Waals surface area contributed by atoms with E-state index >= 15 is 0 Å². The summed E-state index contributed by atoms with van der Waals surface area (Å²) >= 11 is 5.22. The van der Waals surface area contributed by atoms with E-state index in [1.165, 1.54) is 11.8 Å². The molecule has 1 saturated heterocycles. The third-order valence-electron chi connectivity index (χ3n) is 3.40. The molecule has 1 aromatic heterocycles. The van der Waals surface area contributed by atoms with Crippen molar-refractivity contribution in [1.82, 2.24) is 10.2 Å². The van der Waals surface area contributed by atoms with E-state index in [0.29, 0.717) is 22.3 Å². The molecule has 1 aromatic carbocycles. The molecule has 24 heavy (non-hydrogen) atoms. The van der Waals surface area contributed by atoms with Crippen LogP contribution in [0.1, 0.15) is 18.2 Å². The van der Waals surface area contributed by atoms with Gasteiger partial charge in [-0.25, -0.2) is 0 Å². The topological polar surface area (TPSA) is 74.6 Å². The van der Waals surface area contributed by atoms with Crippen molar-refractivity contribution < 1.29 is 14.0 Å². The van der Waals surface area contributed by atoms with E-state index in [1.807, 2.05) is 12.1 Å². The maximum atomic E-state index is 12.5. The first kappa shape index (κ1) is 15.9. The summed E-state index contributed by atoms with van der Waals surface area (Å²) < 4.78 is 5.26. The summed E-state index contributed by atoms with van der Waals surface area (Å²) in [6, 6.07) is 10.7. The van der Waals surface area contributed by atoms with Crippen LogP contribution >= 0.6 is 12.2 Å². The van der Waals surface area contributed by atoms with E-state index in [-0.39, 0.29) is 18.4 Å². The largest absolute Gasteiger partial charge is 0.467 e. The van der Waals surface area contributed by atoms with Crippen molar-refractivity contribution in [3.63, 3.8) is 0 Å². The van der Waals surface area contributed by atoms with E-state index in [0.717, 1.165) is 5.56 Å². The normalized spacial score (nSPS) is 15.7. The van der Waals surface area contributed by atoms with Crippen molar-refractivity contribution in [3.8, 4) is 0 Å². The molecule has 1 aliphatic heterocycles. The summed E-state index contributed by atoms with van der Waals surface area (Å²) in [4.78, 5) is 24.9. The van der Waals surface area contributed by atoms with Crippen LogP contribution in [-0.4, -0.2) is 21.8 Å². The van der Waals surface area contributed by atoms with E-state index in [1.54, 1.807) is 36.6 Å². The Morgan fingerprint density at radius 3 is 2.71 bits per heavy atom. The molecule has 0 aliphatic carbocycles. The van der Waals surface area contributed by atoms with Gasteiger partial charge in [0, 0.05) is 12.6 Å². The third kappa shape index (κ3) is 3.52. The Morgan fingerprint density at radius 1 is 1.33 bits per heavy atom. The number of nitrogens with zero attached hydrogens (tertiary/aromatic N) is 1. The van der Waals surface area contributed by atoms with Crippen LogP contribution in [0.15, 0.2) is 52.8 Å². The molecule has 0 saturated carbocycles. The first-order chi connectivity index (χ1) is 11.5. The number of nitrogens with one attached hydrogen (secondary N) is 2. The minimum atomic E-state index is -0.206. The highest BCUT2D eigenvalue weighted by Crippen LogP contribution is 2.18. The van der Waals surface area contributed by atoms with Crippen LogP contribution in [0.2, 0.25) is 0 Å². The molecule has 1 fully saturated rings. The summed E-state index contributed by atoms with van der Waals surface area (Å²) in [5.74, 6) is 0.323. The standard InChI is InChI=1S/C17H15N3O3S/c1-11(21)18-13-6-4-12(5-7-13)9-15-16(22)20(17(24)19-15)10-14-3-2-8-23-14/h2-9H,10H2,1H3,(H,18,21)(H,19,24)/b15-9-. The SMILES string of the molecule is CC(=O)Nc1ccc(/C=C2\NC(=S)N(Cc3ccco3)C2=O)cc1. The maximum absolute atomic E-state index is 12.5. The monoisotopic (exact) mass is 341 g/mol. The predicted octanol–water partition coefficient (Wildman–Crippen LogP) is 2.50. The zero-order chi connectivity index (χ0) is 17.1. The molecule has 0 unspecified atom stereocenters. The molecular weight excluding hydrogens is 326 g/mol. The first-order valence-electron chi connectivity index (χ1n) is 7.27. The van der Waals surface area contributed by atoms with Crippen molar-refractivity contribution >= 4 is 40.9 Å². The van der Waals surface area contributed by atoms with Gasteiger partial charge < -0.3 is 15.1 Å². The fraction of sp³-hybridized carbons (Fsp3) is 0.118. The number of thiocarbonyl (C=S) groups is 1. The fourth-order valence-electron chi connectivity index (χ4n) is 2.31. The highest BCUT2D eigenvalue weighted by Gasteiger charge is 2.31. The van der Waals surface area contributed by atoms with E-state index in [2.05, 4.69) is 10.6 Å². The van der Waals surface area contributed by atoms with Gasteiger partial charge in [-0.05, 0) is 48.1 Å². The number of benzene rings is 1. The highest BCUT2D eigenvalue weighted by molar-refractivity contribution is 7.80. The smallest absolute Gasteiger partial charge is 0.276 e. The molecule has 2 amide bonds. The van der Waals surface area contributed by atoms with Crippen molar-refractivity contribution in [2.75, 3.05) is 5.32 Å². The zero-order valence-corrected chi connectivity index (χ0v) is 13.7. The Hall–Kier alpha value is -2.93. The van der Waals surface area contributed by atoms with Gasteiger partial charge in [0.05, 0.1) is 12.8 Å². The van der Waals surface area contributed by atoms with Gasteiger partial charge in [0.1, 0.15) is 11.5 Å². The predicted molar refractivity (Wildman–Crippen MR) is 93.7 cm³/mol. The molecule has 7 heteroatoms. The Morgan fingerprint density at radius 2 is 2.08 bits per heavy atom. The number of carbonyl (C=O) groups is 2. The summed E-state index contributed by atoms with van der Waals surface area (Å²) in [5.41, 5.74) is 1.92. The zero-order valence-electron chi connectivity index (χ0n) is 12.9. The van der Waals surface area contributed by atoms with E-state index in [9.17, 15) is 9.59 Å². The second kappa shape index (κ2) is 6.67. The lowest BCUT2D eigenvalue weighted by molar-refractivity contribution is -0.123. The van der Waals surface area contributed by atoms with E-state index < -0.39 is 0 Å². The Kier molecular flexibility index (Phi) is 4.43. The number of furan rings is 1. The number of hydrogen-bond donors (Lipinski definition) is 2. The van der Waals surface area contributed by atoms with Crippen LogP contribution in [0, 0.1) is 0 Å². The van der Waals surface area contributed by atoms with Crippen molar-refractivity contribution in [1.29, 1.82) is 0 Å². The Labute approximate surface area is 144 Å². The molecule has 0 spiro atoms. The molecule has 2 aromatic rings. The van der Waals surface area contributed by atoms with Crippen LogP contribution in [0.5, 0.6) is 0 Å². The van der Waals surface area contributed by atoms with Gasteiger partial charge in [-0.3, -0.25) is 14.5 Å². The van der Waals surface area contributed by atoms with Gasteiger partial charge in [-0.15, -0.1) is 0 Å². The molecule has 1 aliphatic rings. The lowest BCUT2D eigenvalue weighted by atomic mass is 10.1. The van der Waals surface area contributed by atoms with Crippen LogP contribution in [0.4, 0.5) is 5.69 Å². The van der Waals surface area contributed by atoms with Crippen LogP contribution in [-0.2, 0) is 16.1 Å². The number of rotatable bonds is 4. The first-order valence-corrected chi connectivity index (χ1v) is 7.68. The average molecular weight is 341 g/mol. The number of carbonyl (C=O) groups excluding carboxylic acids is 2. The second-order valence-corrected chi connectivity index (χ2v) is 5.65. The summed E-state index contributed by atoms with van der Waals surface area (Å²) in [7, 11) is 0. The molecular formula is C17H15N3O3S.